The van der Waals surface area contributed by atoms with Gasteiger partial charge in [-0.3, -0.25) is 16.0 Å². The molecular weight excluding hydrogens is 214 g/mol. The predicted molar refractivity (Wildman–Crippen MR) is 69.2 cm³/mol. The van der Waals surface area contributed by atoms with E-state index in [-0.39, 0.29) is 6.04 Å². The lowest BCUT2D eigenvalue weighted by Crippen LogP contribution is -2.42. The van der Waals surface area contributed by atoms with E-state index >= 15 is 0 Å². The maximum Gasteiger partial charge on any atom is 0.138 e. The van der Waals surface area contributed by atoms with Gasteiger partial charge in [0.05, 0.1) is 0 Å². The van der Waals surface area contributed by atoms with Crippen LogP contribution in [0.3, 0.4) is 0 Å². The summed E-state index contributed by atoms with van der Waals surface area (Å²) in [6.45, 7) is 7.50. The molecule has 0 saturated carbocycles. The van der Waals surface area contributed by atoms with E-state index in [9.17, 15) is 0 Å². The second-order valence-corrected chi connectivity index (χ2v) is 4.64. The summed E-state index contributed by atoms with van der Waals surface area (Å²) in [6.07, 6.45) is 5.90. The molecule has 5 heteroatoms. The molecule has 1 aromatic rings. The van der Waals surface area contributed by atoms with Gasteiger partial charge in [0.15, 0.2) is 0 Å². The lowest BCUT2D eigenvalue weighted by atomic mass is 9.94. The highest BCUT2D eigenvalue weighted by molar-refractivity contribution is 4.91. The quantitative estimate of drug-likeness (QED) is 0.533. The molecule has 0 amide bonds. The largest absolute Gasteiger partial charge is 0.271 e. The van der Waals surface area contributed by atoms with Gasteiger partial charge in [-0.05, 0) is 18.8 Å². The van der Waals surface area contributed by atoms with Crippen LogP contribution in [0.25, 0.3) is 0 Å². The van der Waals surface area contributed by atoms with E-state index in [0.717, 1.165) is 25.2 Å². The molecular formula is C12H25N5. The number of hydrogen-bond donors (Lipinski definition) is 2. The molecule has 1 rings (SSSR count). The van der Waals surface area contributed by atoms with Gasteiger partial charge < -0.3 is 0 Å². The highest BCUT2D eigenvalue weighted by Gasteiger charge is 2.18. The Morgan fingerprint density at radius 2 is 2.18 bits per heavy atom. The zero-order valence-electron chi connectivity index (χ0n) is 11.2. The molecule has 2 unspecified atom stereocenters. The van der Waals surface area contributed by atoms with Crippen LogP contribution in [0.2, 0.25) is 0 Å². The van der Waals surface area contributed by atoms with Gasteiger partial charge in [-0.1, -0.05) is 27.2 Å². The molecule has 0 saturated heterocycles. The van der Waals surface area contributed by atoms with Crippen molar-refractivity contribution in [2.75, 3.05) is 0 Å². The SMILES string of the molecule is CCCC(C)C(Cc1ncnn1CCC)NN. The number of hydrazine groups is 1. The summed E-state index contributed by atoms with van der Waals surface area (Å²) >= 11 is 0. The second-order valence-electron chi connectivity index (χ2n) is 4.64. The third-order valence-electron chi connectivity index (χ3n) is 3.18. The Balaban J connectivity index is 2.63. The lowest BCUT2D eigenvalue weighted by molar-refractivity contribution is 0.346. The average molecular weight is 239 g/mol. The Morgan fingerprint density at radius 3 is 2.76 bits per heavy atom. The molecule has 3 N–H and O–H groups in total. The molecule has 0 radical (unpaired) electrons. The number of nitrogens with one attached hydrogen (secondary N) is 1. The number of hydrogen-bond acceptors (Lipinski definition) is 4. The summed E-state index contributed by atoms with van der Waals surface area (Å²) in [5, 5.41) is 4.24. The van der Waals surface area contributed by atoms with Gasteiger partial charge in [-0.2, -0.15) is 5.10 Å². The molecule has 0 aliphatic rings. The van der Waals surface area contributed by atoms with Crippen LogP contribution in [0.15, 0.2) is 6.33 Å². The third kappa shape index (κ3) is 4.09. The van der Waals surface area contributed by atoms with E-state index in [0.29, 0.717) is 5.92 Å². The molecule has 1 heterocycles. The van der Waals surface area contributed by atoms with Crippen LogP contribution in [0, 0.1) is 5.92 Å². The number of nitrogens with zero attached hydrogens (tertiary/aromatic N) is 3. The van der Waals surface area contributed by atoms with E-state index in [1.165, 1.54) is 12.8 Å². The lowest BCUT2D eigenvalue weighted by Gasteiger charge is -2.22. The minimum absolute atomic E-state index is 0.273. The molecule has 1 aromatic heterocycles. The third-order valence-corrected chi connectivity index (χ3v) is 3.18. The first-order valence-corrected chi connectivity index (χ1v) is 6.55. The zero-order chi connectivity index (χ0) is 12.7. The van der Waals surface area contributed by atoms with Gasteiger partial charge in [-0.25, -0.2) is 4.98 Å². The molecule has 2 atom stereocenters. The molecule has 0 aliphatic heterocycles. The molecule has 5 nitrogen and oxygen atoms in total. The van der Waals surface area contributed by atoms with Crippen molar-refractivity contribution < 1.29 is 0 Å². The van der Waals surface area contributed by atoms with Gasteiger partial charge in [0.2, 0.25) is 0 Å². The fourth-order valence-corrected chi connectivity index (χ4v) is 2.12. The van der Waals surface area contributed by atoms with Gasteiger partial charge in [0.25, 0.3) is 0 Å². The maximum atomic E-state index is 5.64. The minimum atomic E-state index is 0.273. The molecule has 0 bridgehead atoms. The predicted octanol–water partition coefficient (Wildman–Crippen LogP) is 1.50. The average Bonchev–Trinajstić information content (AvgIpc) is 2.74. The van der Waals surface area contributed by atoms with Crippen molar-refractivity contribution in [3.05, 3.63) is 12.2 Å². The van der Waals surface area contributed by atoms with Crippen molar-refractivity contribution in [3.63, 3.8) is 0 Å². The Hall–Kier alpha value is -0.940. The van der Waals surface area contributed by atoms with E-state index in [2.05, 4.69) is 36.3 Å². The standard InChI is InChI=1S/C12H25N5/c1-4-6-10(3)11(16-13)8-12-14-9-15-17(12)7-5-2/h9-11,16H,4-8,13H2,1-3H3. The molecule has 17 heavy (non-hydrogen) atoms. The zero-order valence-corrected chi connectivity index (χ0v) is 11.2. The summed E-state index contributed by atoms with van der Waals surface area (Å²) in [7, 11) is 0. The fourth-order valence-electron chi connectivity index (χ4n) is 2.12. The van der Waals surface area contributed by atoms with Crippen molar-refractivity contribution >= 4 is 0 Å². The summed E-state index contributed by atoms with van der Waals surface area (Å²) in [4.78, 5) is 4.32. The number of rotatable bonds is 8. The van der Waals surface area contributed by atoms with Crippen LogP contribution >= 0.6 is 0 Å². The van der Waals surface area contributed by atoms with E-state index in [1.807, 2.05) is 4.68 Å². The van der Waals surface area contributed by atoms with Gasteiger partial charge in [0.1, 0.15) is 12.2 Å². The molecule has 0 aliphatic carbocycles. The number of nitrogens with two attached hydrogens (primary N) is 1. The second kappa shape index (κ2) is 7.40. The fraction of sp³-hybridized carbons (Fsp3) is 0.833. The Labute approximate surface area is 104 Å². The molecule has 98 valence electrons. The van der Waals surface area contributed by atoms with Crippen molar-refractivity contribution in [3.8, 4) is 0 Å². The van der Waals surface area contributed by atoms with Crippen LogP contribution in [0.1, 0.15) is 45.9 Å². The number of aromatic nitrogens is 3. The van der Waals surface area contributed by atoms with Gasteiger partial charge in [0, 0.05) is 19.0 Å². The normalized spacial score (nSPS) is 14.8. The highest BCUT2D eigenvalue weighted by Crippen LogP contribution is 2.13. The highest BCUT2D eigenvalue weighted by atomic mass is 15.3. The first kappa shape index (κ1) is 14.1. The minimum Gasteiger partial charge on any atom is -0.271 e. The van der Waals surface area contributed by atoms with Gasteiger partial charge in [-0.15, -0.1) is 0 Å². The van der Waals surface area contributed by atoms with Crippen LogP contribution in [-0.2, 0) is 13.0 Å². The van der Waals surface area contributed by atoms with Crippen molar-refractivity contribution in [2.45, 2.75) is 59.0 Å². The molecule has 0 spiro atoms. The van der Waals surface area contributed by atoms with Crippen molar-refractivity contribution in [1.29, 1.82) is 0 Å². The Morgan fingerprint density at radius 1 is 1.41 bits per heavy atom. The summed E-state index contributed by atoms with van der Waals surface area (Å²) in [5.74, 6) is 7.22. The number of aryl methyl sites for hydroxylation is 1. The summed E-state index contributed by atoms with van der Waals surface area (Å²) < 4.78 is 1.98. The van der Waals surface area contributed by atoms with E-state index in [4.69, 9.17) is 5.84 Å². The first-order chi connectivity index (χ1) is 8.22. The monoisotopic (exact) mass is 239 g/mol. The Bertz CT molecular complexity index is 310. The van der Waals surface area contributed by atoms with Crippen LogP contribution in [0.5, 0.6) is 0 Å². The van der Waals surface area contributed by atoms with Crippen molar-refractivity contribution in [1.82, 2.24) is 20.2 Å². The van der Waals surface area contributed by atoms with E-state index < -0.39 is 0 Å². The van der Waals surface area contributed by atoms with Crippen LogP contribution in [0.4, 0.5) is 0 Å². The van der Waals surface area contributed by atoms with Crippen molar-refractivity contribution in [2.24, 2.45) is 11.8 Å². The molecule has 0 fully saturated rings. The summed E-state index contributed by atoms with van der Waals surface area (Å²) in [5.41, 5.74) is 2.91. The smallest absolute Gasteiger partial charge is 0.138 e. The maximum absolute atomic E-state index is 5.64. The Kier molecular flexibility index (Phi) is 6.15. The van der Waals surface area contributed by atoms with Gasteiger partial charge >= 0.3 is 0 Å². The molecule has 0 aromatic carbocycles. The summed E-state index contributed by atoms with van der Waals surface area (Å²) in [6, 6.07) is 0.273. The van der Waals surface area contributed by atoms with E-state index in [1.54, 1.807) is 6.33 Å². The van der Waals surface area contributed by atoms with Crippen LogP contribution in [-0.4, -0.2) is 20.8 Å². The first-order valence-electron chi connectivity index (χ1n) is 6.55. The topological polar surface area (TPSA) is 68.8 Å². The van der Waals surface area contributed by atoms with Crippen LogP contribution < -0.4 is 11.3 Å².